The van der Waals surface area contributed by atoms with E-state index in [0.717, 1.165) is 49.4 Å². The SMILES string of the molecule is CC1(C)c2ccccc2-c2c(-c3nc(-c4ncccn4)nc(-c4cccc5ccccc45)n3)cc3oc4ccccc4c3c21. The summed E-state index contributed by atoms with van der Waals surface area (Å²) in [6, 6.07) is 35.3. The third-order valence-corrected chi connectivity index (χ3v) is 8.83. The van der Waals surface area contributed by atoms with E-state index >= 15 is 0 Å². The van der Waals surface area contributed by atoms with Gasteiger partial charge in [0.05, 0.1) is 0 Å². The molecule has 0 bridgehead atoms. The molecule has 0 atom stereocenters. The van der Waals surface area contributed by atoms with Crippen LogP contribution in [0.15, 0.2) is 120 Å². The minimum Gasteiger partial charge on any atom is -0.456 e. The lowest BCUT2D eigenvalue weighted by Crippen LogP contribution is -2.15. The highest BCUT2D eigenvalue weighted by molar-refractivity contribution is 6.13. The molecule has 6 nitrogen and oxygen atoms in total. The number of benzene rings is 5. The Balaban J connectivity index is 1.42. The predicted molar refractivity (Wildman–Crippen MR) is 174 cm³/mol. The van der Waals surface area contributed by atoms with Crippen LogP contribution in [0.25, 0.3) is 78.3 Å². The fraction of sp³-hybridized carbons (Fsp3) is 0.0789. The van der Waals surface area contributed by atoms with Crippen molar-refractivity contribution in [2.75, 3.05) is 0 Å². The maximum absolute atomic E-state index is 6.52. The van der Waals surface area contributed by atoms with Crippen LogP contribution in [-0.4, -0.2) is 24.9 Å². The first-order valence-electron chi connectivity index (χ1n) is 14.7. The van der Waals surface area contributed by atoms with E-state index in [-0.39, 0.29) is 5.41 Å². The van der Waals surface area contributed by atoms with Crippen molar-refractivity contribution in [2.24, 2.45) is 0 Å². The van der Waals surface area contributed by atoms with Crippen LogP contribution in [0.1, 0.15) is 25.0 Å². The van der Waals surface area contributed by atoms with Gasteiger partial charge in [-0.15, -0.1) is 0 Å². The van der Waals surface area contributed by atoms with Crippen LogP contribution in [0, 0.1) is 0 Å². The summed E-state index contributed by atoms with van der Waals surface area (Å²) in [6.45, 7) is 4.58. The predicted octanol–water partition coefficient (Wildman–Crippen LogP) is 9.02. The number of rotatable bonds is 3. The van der Waals surface area contributed by atoms with Crippen LogP contribution in [0.5, 0.6) is 0 Å². The number of hydrogen-bond donors (Lipinski definition) is 0. The smallest absolute Gasteiger partial charge is 0.201 e. The van der Waals surface area contributed by atoms with E-state index in [1.165, 1.54) is 16.7 Å². The molecule has 3 aromatic heterocycles. The van der Waals surface area contributed by atoms with Gasteiger partial charge in [0.15, 0.2) is 17.5 Å². The molecule has 5 aromatic carbocycles. The second kappa shape index (κ2) is 9.12. The average molecular weight is 568 g/mol. The molecule has 0 amide bonds. The topological polar surface area (TPSA) is 77.6 Å². The maximum Gasteiger partial charge on any atom is 0.201 e. The first-order valence-corrected chi connectivity index (χ1v) is 14.7. The third kappa shape index (κ3) is 3.51. The van der Waals surface area contributed by atoms with Crippen LogP contribution in [0.2, 0.25) is 0 Å². The monoisotopic (exact) mass is 567 g/mol. The van der Waals surface area contributed by atoms with Gasteiger partial charge in [0.2, 0.25) is 5.82 Å². The number of furan rings is 1. The van der Waals surface area contributed by atoms with Crippen LogP contribution in [0.4, 0.5) is 0 Å². The summed E-state index contributed by atoms with van der Waals surface area (Å²) in [5.74, 6) is 1.98. The van der Waals surface area contributed by atoms with Crippen LogP contribution < -0.4 is 0 Å². The summed E-state index contributed by atoms with van der Waals surface area (Å²) in [5.41, 5.74) is 8.01. The zero-order chi connectivity index (χ0) is 29.4. The number of para-hydroxylation sites is 1. The van der Waals surface area contributed by atoms with Gasteiger partial charge in [-0.3, -0.25) is 0 Å². The van der Waals surface area contributed by atoms with E-state index < -0.39 is 0 Å². The van der Waals surface area contributed by atoms with Gasteiger partial charge < -0.3 is 4.42 Å². The molecule has 0 aliphatic heterocycles. The van der Waals surface area contributed by atoms with Crippen molar-refractivity contribution in [2.45, 2.75) is 19.3 Å². The lowest BCUT2D eigenvalue weighted by Gasteiger charge is -2.22. The highest BCUT2D eigenvalue weighted by Crippen LogP contribution is 2.56. The summed E-state index contributed by atoms with van der Waals surface area (Å²) in [4.78, 5) is 24.2. The zero-order valence-electron chi connectivity index (χ0n) is 24.1. The fourth-order valence-electron chi connectivity index (χ4n) is 6.90. The molecule has 8 aromatic rings. The molecule has 1 aliphatic rings. The molecule has 0 fully saturated rings. The van der Waals surface area contributed by atoms with Gasteiger partial charge in [-0.05, 0) is 51.2 Å². The van der Waals surface area contributed by atoms with Gasteiger partial charge in [-0.25, -0.2) is 24.9 Å². The van der Waals surface area contributed by atoms with Crippen LogP contribution in [-0.2, 0) is 5.41 Å². The van der Waals surface area contributed by atoms with Gasteiger partial charge in [-0.2, -0.15) is 0 Å². The van der Waals surface area contributed by atoms with Gasteiger partial charge in [-0.1, -0.05) is 98.8 Å². The molecule has 0 unspecified atom stereocenters. The minimum absolute atomic E-state index is 0.274. The molecule has 9 rings (SSSR count). The third-order valence-electron chi connectivity index (χ3n) is 8.83. The van der Waals surface area contributed by atoms with Crippen LogP contribution in [0.3, 0.4) is 0 Å². The average Bonchev–Trinajstić information content (AvgIpc) is 3.56. The number of fused-ring (bicyclic) bond motifs is 8. The lowest BCUT2D eigenvalue weighted by atomic mass is 9.80. The first kappa shape index (κ1) is 24.8. The summed E-state index contributed by atoms with van der Waals surface area (Å²) < 4.78 is 6.52. The second-order valence-electron chi connectivity index (χ2n) is 11.7. The Bertz CT molecular complexity index is 2420. The van der Waals surface area contributed by atoms with Gasteiger partial charge >= 0.3 is 0 Å². The second-order valence-corrected chi connectivity index (χ2v) is 11.7. The highest BCUT2D eigenvalue weighted by atomic mass is 16.3. The highest BCUT2D eigenvalue weighted by Gasteiger charge is 2.40. The lowest BCUT2D eigenvalue weighted by molar-refractivity contribution is 0.657. The van der Waals surface area contributed by atoms with E-state index in [2.05, 4.69) is 90.5 Å². The molecule has 0 radical (unpaired) electrons. The Kier molecular flexibility index (Phi) is 5.14. The molecule has 6 heteroatoms. The van der Waals surface area contributed by atoms with Crippen molar-refractivity contribution < 1.29 is 4.42 Å². The Labute approximate surface area is 253 Å². The van der Waals surface area contributed by atoms with Crippen molar-refractivity contribution in [3.8, 4) is 45.6 Å². The molecule has 44 heavy (non-hydrogen) atoms. The largest absolute Gasteiger partial charge is 0.456 e. The molecule has 0 spiro atoms. The van der Waals surface area contributed by atoms with Gasteiger partial charge in [0.1, 0.15) is 11.2 Å². The zero-order valence-corrected chi connectivity index (χ0v) is 24.1. The Morgan fingerprint density at radius 2 is 1.20 bits per heavy atom. The van der Waals surface area contributed by atoms with Gasteiger partial charge in [0, 0.05) is 39.7 Å². The first-order chi connectivity index (χ1) is 21.6. The molecule has 1 aliphatic carbocycles. The number of hydrogen-bond acceptors (Lipinski definition) is 6. The normalized spacial score (nSPS) is 13.4. The van der Waals surface area contributed by atoms with Crippen LogP contribution >= 0.6 is 0 Å². The molecule has 208 valence electrons. The number of nitrogens with zero attached hydrogens (tertiary/aromatic N) is 5. The molecular weight excluding hydrogens is 542 g/mol. The van der Waals surface area contributed by atoms with E-state index in [1.54, 1.807) is 18.5 Å². The fourth-order valence-corrected chi connectivity index (χ4v) is 6.90. The Morgan fingerprint density at radius 3 is 2.07 bits per heavy atom. The van der Waals surface area contributed by atoms with Crippen molar-refractivity contribution in [3.05, 3.63) is 127 Å². The van der Waals surface area contributed by atoms with E-state index in [0.29, 0.717) is 23.3 Å². The van der Waals surface area contributed by atoms with E-state index in [1.807, 2.05) is 30.3 Å². The molecule has 0 N–H and O–H groups in total. The van der Waals surface area contributed by atoms with Crippen molar-refractivity contribution in [1.82, 2.24) is 24.9 Å². The molecule has 3 heterocycles. The van der Waals surface area contributed by atoms with Gasteiger partial charge in [0.25, 0.3) is 0 Å². The summed E-state index contributed by atoms with van der Waals surface area (Å²) in [6.07, 6.45) is 3.42. The molecule has 0 saturated carbocycles. The summed E-state index contributed by atoms with van der Waals surface area (Å²) >= 11 is 0. The Morgan fingerprint density at radius 1 is 0.545 bits per heavy atom. The quantitative estimate of drug-likeness (QED) is 0.212. The minimum atomic E-state index is -0.274. The van der Waals surface area contributed by atoms with E-state index in [9.17, 15) is 0 Å². The maximum atomic E-state index is 6.52. The van der Waals surface area contributed by atoms with Crippen molar-refractivity contribution in [3.63, 3.8) is 0 Å². The molecular formula is C38H25N5O. The summed E-state index contributed by atoms with van der Waals surface area (Å²) in [5, 5.41) is 4.42. The van der Waals surface area contributed by atoms with E-state index in [4.69, 9.17) is 19.4 Å². The Hall–Kier alpha value is -5.75. The molecule has 0 saturated heterocycles. The summed E-state index contributed by atoms with van der Waals surface area (Å²) in [7, 11) is 0. The van der Waals surface area contributed by atoms with Crippen molar-refractivity contribution >= 4 is 32.7 Å². The van der Waals surface area contributed by atoms with Crippen molar-refractivity contribution in [1.29, 1.82) is 0 Å². The standard InChI is InChI=1S/C38H25N5O/c1-38(2)28-17-7-5-14-25(28)31-27(21-30-32(33(31)38)26-15-6-8-18-29(26)44-30)35-41-34(42-37(43-35)36-39-19-10-20-40-36)24-16-9-12-22-11-3-4-13-23(22)24/h3-21H,1-2H3. The number of aromatic nitrogens is 5.